The summed E-state index contributed by atoms with van der Waals surface area (Å²) in [5.74, 6) is 1.87. The Morgan fingerprint density at radius 1 is 1.30 bits per heavy atom. The first kappa shape index (κ1) is 13.8. The first-order valence-electron chi connectivity index (χ1n) is 7.00. The molecule has 106 valence electrons. The molecular weight excluding hydrogens is 290 g/mol. The molecule has 0 saturated carbocycles. The van der Waals surface area contributed by atoms with Crippen molar-refractivity contribution in [1.29, 1.82) is 0 Å². The van der Waals surface area contributed by atoms with Gasteiger partial charge in [0.1, 0.15) is 16.8 Å². The van der Waals surface area contributed by atoms with Crippen LogP contribution in [0.15, 0.2) is 12.1 Å². The Morgan fingerprint density at radius 2 is 2.15 bits per heavy atom. The minimum atomic E-state index is 0.278. The van der Waals surface area contributed by atoms with Crippen LogP contribution in [0.3, 0.4) is 0 Å². The van der Waals surface area contributed by atoms with Gasteiger partial charge in [-0.2, -0.15) is 0 Å². The van der Waals surface area contributed by atoms with Crippen LogP contribution < -0.4 is 5.32 Å². The number of rotatable bonds is 4. The molecule has 3 nitrogen and oxygen atoms in total. The van der Waals surface area contributed by atoms with Crippen molar-refractivity contribution in [1.82, 2.24) is 9.97 Å². The summed E-state index contributed by atoms with van der Waals surface area (Å²) in [7, 11) is 0. The molecule has 0 aliphatic heterocycles. The maximum atomic E-state index is 6.05. The predicted octanol–water partition coefficient (Wildman–Crippen LogP) is 4.42. The highest BCUT2D eigenvalue weighted by atomic mass is 35.5. The Balaban J connectivity index is 1.71. The van der Waals surface area contributed by atoms with E-state index in [0.717, 1.165) is 18.2 Å². The van der Waals surface area contributed by atoms with Gasteiger partial charge in [-0.15, -0.1) is 11.3 Å². The summed E-state index contributed by atoms with van der Waals surface area (Å²) in [6.45, 7) is 4.95. The molecule has 1 aliphatic carbocycles. The molecule has 3 rings (SSSR count). The molecule has 0 saturated heterocycles. The van der Waals surface area contributed by atoms with Gasteiger partial charge in [0.25, 0.3) is 0 Å². The zero-order valence-corrected chi connectivity index (χ0v) is 13.3. The summed E-state index contributed by atoms with van der Waals surface area (Å²) in [5, 5.41) is 3.86. The lowest BCUT2D eigenvalue weighted by Gasteiger charge is -2.09. The third-order valence-electron chi connectivity index (χ3n) is 3.47. The van der Waals surface area contributed by atoms with Gasteiger partial charge in [0.05, 0.1) is 6.54 Å². The number of nitrogens with zero attached hydrogens (tertiary/aromatic N) is 2. The standard InChI is InChI=1S/C15H18ClN3S/c1-9(2)15-18-13(16)7-14(19-15)17-8-11-6-10-4-3-5-12(10)20-11/h6-7,9H,3-5,8H2,1-2H3,(H,17,18,19). The summed E-state index contributed by atoms with van der Waals surface area (Å²) < 4.78 is 0. The van der Waals surface area contributed by atoms with Crippen LogP contribution in [-0.4, -0.2) is 9.97 Å². The lowest BCUT2D eigenvalue weighted by atomic mass is 10.2. The lowest BCUT2D eigenvalue weighted by molar-refractivity contribution is 0.774. The highest BCUT2D eigenvalue weighted by Crippen LogP contribution is 2.31. The van der Waals surface area contributed by atoms with Crippen molar-refractivity contribution < 1.29 is 0 Å². The summed E-state index contributed by atoms with van der Waals surface area (Å²) in [6, 6.07) is 4.11. The maximum Gasteiger partial charge on any atom is 0.135 e. The number of aryl methyl sites for hydroxylation is 2. The van der Waals surface area contributed by atoms with Crippen LogP contribution in [0.2, 0.25) is 5.15 Å². The Hall–Kier alpha value is -1.13. The van der Waals surface area contributed by atoms with Crippen molar-refractivity contribution in [3.63, 3.8) is 0 Å². The molecule has 0 unspecified atom stereocenters. The van der Waals surface area contributed by atoms with E-state index in [0.29, 0.717) is 5.15 Å². The van der Waals surface area contributed by atoms with Gasteiger partial charge in [-0.3, -0.25) is 0 Å². The van der Waals surface area contributed by atoms with E-state index in [1.54, 1.807) is 10.9 Å². The molecule has 5 heteroatoms. The molecule has 0 bridgehead atoms. The quantitative estimate of drug-likeness (QED) is 0.850. The topological polar surface area (TPSA) is 37.8 Å². The number of hydrogen-bond acceptors (Lipinski definition) is 4. The van der Waals surface area contributed by atoms with Gasteiger partial charge in [0.2, 0.25) is 0 Å². The number of halogens is 1. The number of fused-ring (bicyclic) bond motifs is 1. The van der Waals surface area contributed by atoms with Crippen LogP contribution in [0.1, 0.15) is 47.3 Å². The molecule has 0 fully saturated rings. The van der Waals surface area contributed by atoms with Crippen LogP contribution in [0.4, 0.5) is 5.82 Å². The molecule has 0 amide bonds. The molecule has 0 aromatic carbocycles. The summed E-state index contributed by atoms with van der Waals surface area (Å²) >= 11 is 7.97. The molecular formula is C15H18ClN3S. The number of nitrogens with one attached hydrogen (secondary N) is 1. The summed E-state index contributed by atoms with van der Waals surface area (Å²) in [6.07, 6.45) is 3.80. The second-order valence-electron chi connectivity index (χ2n) is 5.46. The third-order valence-corrected chi connectivity index (χ3v) is 4.90. The Labute approximate surface area is 128 Å². The monoisotopic (exact) mass is 307 g/mol. The van der Waals surface area contributed by atoms with E-state index in [1.165, 1.54) is 29.7 Å². The smallest absolute Gasteiger partial charge is 0.135 e. The fourth-order valence-corrected chi connectivity index (χ4v) is 3.83. The first-order valence-corrected chi connectivity index (χ1v) is 8.20. The van der Waals surface area contributed by atoms with Crippen molar-refractivity contribution >= 4 is 28.8 Å². The van der Waals surface area contributed by atoms with Crippen LogP contribution in [0.5, 0.6) is 0 Å². The van der Waals surface area contributed by atoms with Crippen LogP contribution in [-0.2, 0) is 19.4 Å². The van der Waals surface area contributed by atoms with Gasteiger partial charge in [-0.05, 0) is 30.9 Å². The first-order chi connectivity index (χ1) is 9.61. The van der Waals surface area contributed by atoms with Gasteiger partial charge in [0.15, 0.2) is 0 Å². The number of anilines is 1. The predicted molar refractivity (Wildman–Crippen MR) is 84.8 cm³/mol. The van der Waals surface area contributed by atoms with Gasteiger partial charge in [-0.1, -0.05) is 25.4 Å². The van der Waals surface area contributed by atoms with E-state index in [2.05, 4.69) is 35.2 Å². The third kappa shape index (κ3) is 2.96. The number of aromatic nitrogens is 2. The Bertz CT molecular complexity index is 600. The van der Waals surface area contributed by atoms with Gasteiger partial charge in [-0.25, -0.2) is 9.97 Å². The zero-order chi connectivity index (χ0) is 14.1. The fraction of sp³-hybridized carbons (Fsp3) is 0.467. The average Bonchev–Trinajstić information content (AvgIpc) is 2.96. The van der Waals surface area contributed by atoms with Gasteiger partial charge >= 0.3 is 0 Å². The van der Waals surface area contributed by atoms with E-state index in [-0.39, 0.29) is 5.92 Å². The number of thiophene rings is 1. The van der Waals surface area contributed by atoms with E-state index >= 15 is 0 Å². The van der Waals surface area contributed by atoms with Gasteiger partial charge < -0.3 is 5.32 Å². The Morgan fingerprint density at radius 3 is 2.90 bits per heavy atom. The van der Waals surface area contributed by atoms with Crippen LogP contribution in [0, 0.1) is 0 Å². The maximum absolute atomic E-state index is 6.05. The molecule has 1 N–H and O–H groups in total. The fourth-order valence-electron chi connectivity index (χ4n) is 2.44. The molecule has 2 heterocycles. The Kier molecular flexibility index (Phi) is 3.94. The average molecular weight is 308 g/mol. The van der Waals surface area contributed by atoms with Crippen molar-refractivity contribution in [3.8, 4) is 0 Å². The van der Waals surface area contributed by atoms with E-state index < -0.39 is 0 Å². The second kappa shape index (κ2) is 5.70. The second-order valence-corrected chi connectivity index (χ2v) is 7.07. The lowest BCUT2D eigenvalue weighted by Crippen LogP contribution is -2.05. The van der Waals surface area contributed by atoms with Crippen LogP contribution in [0.25, 0.3) is 0 Å². The number of hydrogen-bond donors (Lipinski definition) is 1. The summed E-state index contributed by atoms with van der Waals surface area (Å²) in [4.78, 5) is 11.7. The zero-order valence-electron chi connectivity index (χ0n) is 11.7. The van der Waals surface area contributed by atoms with Crippen molar-refractivity contribution in [3.05, 3.63) is 38.4 Å². The minimum absolute atomic E-state index is 0.278. The van der Waals surface area contributed by atoms with Gasteiger partial charge in [0, 0.05) is 21.7 Å². The minimum Gasteiger partial charge on any atom is -0.365 e. The molecule has 0 spiro atoms. The molecule has 0 radical (unpaired) electrons. The largest absolute Gasteiger partial charge is 0.365 e. The molecule has 2 aromatic rings. The van der Waals surface area contributed by atoms with E-state index in [4.69, 9.17) is 11.6 Å². The van der Waals surface area contributed by atoms with E-state index in [9.17, 15) is 0 Å². The molecule has 1 aliphatic rings. The van der Waals surface area contributed by atoms with Crippen LogP contribution >= 0.6 is 22.9 Å². The molecule has 20 heavy (non-hydrogen) atoms. The highest BCUT2D eigenvalue weighted by Gasteiger charge is 2.14. The molecule has 0 atom stereocenters. The van der Waals surface area contributed by atoms with Crippen molar-refractivity contribution in [2.45, 2.75) is 45.6 Å². The normalized spacial score (nSPS) is 13.8. The SMILES string of the molecule is CC(C)c1nc(Cl)cc(NCc2cc3c(s2)CCC3)n1. The van der Waals surface area contributed by atoms with Crippen molar-refractivity contribution in [2.24, 2.45) is 0 Å². The summed E-state index contributed by atoms with van der Waals surface area (Å²) in [5.41, 5.74) is 1.54. The highest BCUT2D eigenvalue weighted by molar-refractivity contribution is 7.12. The van der Waals surface area contributed by atoms with Crippen molar-refractivity contribution in [2.75, 3.05) is 5.32 Å². The molecule has 2 aromatic heterocycles. The van der Waals surface area contributed by atoms with E-state index in [1.807, 2.05) is 11.3 Å².